The second-order valence-electron chi connectivity index (χ2n) is 5.10. The summed E-state index contributed by atoms with van der Waals surface area (Å²) in [6.07, 6.45) is 0. The molecule has 0 fully saturated rings. The average molecular weight is 305 g/mol. The van der Waals surface area contributed by atoms with Gasteiger partial charge >= 0.3 is 5.97 Å². The molecule has 0 aliphatic carbocycles. The first-order valence-corrected chi connectivity index (χ1v) is 6.72. The Morgan fingerprint density at radius 3 is 2.45 bits per heavy atom. The molecule has 22 heavy (non-hydrogen) atoms. The normalized spacial score (nSPS) is 12.0. The van der Waals surface area contributed by atoms with Gasteiger partial charge in [0.2, 0.25) is 0 Å². The number of amides is 1. The van der Waals surface area contributed by atoms with Crippen LogP contribution < -0.4 is 0 Å². The fourth-order valence-electron chi connectivity index (χ4n) is 1.98. The van der Waals surface area contributed by atoms with Gasteiger partial charge in [-0.2, -0.15) is 0 Å². The van der Waals surface area contributed by atoms with Gasteiger partial charge in [0, 0.05) is 19.2 Å². The van der Waals surface area contributed by atoms with Crippen LogP contribution in [0.25, 0.3) is 11.3 Å². The minimum atomic E-state index is -0.967. The van der Waals surface area contributed by atoms with Crippen molar-refractivity contribution in [2.24, 2.45) is 5.92 Å². The summed E-state index contributed by atoms with van der Waals surface area (Å²) < 4.78 is 18.4. The predicted molar refractivity (Wildman–Crippen MR) is 77.9 cm³/mol. The molecule has 5 nitrogen and oxygen atoms in total. The average Bonchev–Trinajstić information content (AvgIpc) is 2.96. The molecule has 2 rings (SSSR count). The number of hydrogen-bond donors (Lipinski definition) is 1. The Balaban J connectivity index is 2.12. The van der Waals surface area contributed by atoms with E-state index in [9.17, 15) is 14.0 Å². The molecule has 1 amide bonds. The maximum Gasteiger partial charge on any atom is 0.308 e. The molecule has 1 unspecified atom stereocenters. The van der Waals surface area contributed by atoms with E-state index in [0.717, 1.165) is 0 Å². The Labute approximate surface area is 127 Å². The monoisotopic (exact) mass is 305 g/mol. The summed E-state index contributed by atoms with van der Waals surface area (Å²) in [7, 11) is 1.52. The van der Waals surface area contributed by atoms with E-state index in [1.807, 2.05) is 0 Å². The molecule has 0 spiro atoms. The van der Waals surface area contributed by atoms with Crippen molar-refractivity contribution in [2.45, 2.75) is 6.92 Å². The fourth-order valence-corrected chi connectivity index (χ4v) is 1.98. The lowest BCUT2D eigenvalue weighted by molar-refractivity contribution is -0.141. The molecule has 0 aliphatic heterocycles. The first-order valence-electron chi connectivity index (χ1n) is 6.72. The van der Waals surface area contributed by atoms with Crippen molar-refractivity contribution < 1.29 is 23.5 Å². The van der Waals surface area contributed by atoms with E-state index < -0.39 is 17.8 Å². The zero-order valence-corrected chi connectivity index (χ0v) is 12.2. The largest absolute Gasteiger partial charge is 0.481 e. The highest BCUT2D eigenvalue weighted by molar-refractivity contribution is 5.92. The summed E-state index contributed by atoms with van der Waals surface area (Å²) in [6, 6.07) is 8.86. The maximum absolute atomic E-state index is 12.9. The molecule has 0 radical (unpaired) electrons. The molecule has 1 heterocycles. The Morgan fingerprint density at radius 2 is 1.86 bits per heavy atom. The maximum atomic E-state index is 12.9. The molecule has 116 valence electrons. The van der Waals surface area contributed by atoms with Gasteiger partial charge in [-0.15, -0.1) is 0 Å². The van der Waals surface area contributed by atoms with Crippen LogP contribution in [0.1, 0.15) is 17.5 Å². The molecule has 0 bridgehead atoms. The minimum absolute atomic E-state index is 0.0841. The number of nitrogens with zero attached hydrogens (tertiary/aromatic N) is 1. The first kappa shape index (κ1) is 15.8. The lowest BCUT2D eigenvalue weighted by atomic mass is 10.1. The number of benzene rings is 1. The quantitative estimate of drug-likeness (QED) is 0.922. The van der Waals surface area contributed by atoms with E-state index in [4.69, 9.17) is 9.52 Å². The van der Waals surface area contributed by atoms with Crippen molar-refractivity contribution in [3.05, 3.63) is 48.0 Å². The molecule has 0 saturated carbocycles. The van der Waals surface area contributed by atoms with Crippen molar-refractivity contribution >= 4 is 11.9 Å². The highest BCUT2D eigenvalue weighted by Crippen LogP contribution is 2.23. The Hall–Kier alpha value is -2.63. The van der Waals surface area contributed by atoms with Crippen LogP contribution in [0, 0.1) is 11.7 Å². The van der Waals surface area contributed by atoms with E-state index >= 15 is 0 Å². The molecular formula is C16H16FNO4. The third-order valence-corrected chi connectivity index (χ3v) is 3.26. The van der Waals surface area contributed by atoms with Gasteiger partial charge < -0.3 is 14.4 Å². The van der Waals surface area contributed by atoms with Gasteiger partial charge in [0.25, 0.3) is 5.91 Å². The SMILES string of the molecule is CC(CN(C)C(=O)c1ccc(-c2ccc(F)cc2)o1)C(=O)O. The molecule has 2 aromatic rings. The number of carbonyl (C=O) groups is 2. The van der Waals surface area contributed by atoms with Crippen molar-refractivity contribution in [1.29, 1.82) is 0 Å². The number of furan rings is 1. The Kier molecular flexibility index (Phi) is 4.60. The molecule has 1 N–H and O–H groups in total. The van der Waals surface area contributed by atoms with Crippen LogP contribution in [0.3, 0.4) is 0 Å². The topological polar surface area (TPSA) is 70.8 Å². The highest BCUT2D eigenvalue weighted by Gasteiger charge is 2.21. The lowest BCUT2D eigenvalue weighted by Crippen LogP contribution is -2.33. The number of halogens is 1. The fraction of sp³-hybridized carbons (Fsp3) is 0.250. The number of carbonyl (C=O) groups excluding carboxylic acids is 1. The van der Waals surface area contributed by atoms with Gasteiger partial charge in [0.1, 0.15) is 11.6 Å². The number of carboxylic acids is 1. The van der Waals surface area contributed by atoms with Crippen LogP contribution in [0.15, 0.2) is 40.8 Å². The van der Waals surface area contributed by atoms with Gasteiger partial charge in [0.15, 0.2) is 5.76 Å². The third-order valence-electron chi connectivity index (χ3n) is 3.26. The number of hydrogen-bond acceptors (Lipinski definition) is 3. The third kappa shape index (κ3) is 3.52. The van der Waals surface area contributed by atoms with Gasteiger partial charge in [-0.3, -0.25) is 9.59 Å². The van der Waals surface area contributed by atoms with Crippen molar-refractivity contribution in [2.75, 3.05) is 13.6 Å². The summed E-state index contributed by atoms with van der Waals surface area (Å²) in [5.41, 5.74) is 0.655. The molecule has 1 atom stereocenters. The highest BCUT2D eigenvalue weighted by atomic mass is 19.1. The van der Waals surface area contributed by atoms with E-state index in [1.165, 1.54) is 37.1 Å². The van der Waals surface area contributed by atoms with E-state index in [2.05, 4.69) is 0 Å². The number of aliphatic carboxylic acids is 1. The molecule has 0 aliphatic rings. The molecular weight excluding hydrogens is 289 g/mol. The van der Waals surface area contributed by atoms with Gasteiger partial charge in [-0.05, 0) is 36.4 Å². The summed E-state index contributed by atoms with van der Waals surface area (Å²) in [5.74, 6) is -1.83. The van der Waals surface area contributed by atoms with Crippen LogP contribution in [0.4, 0.5) is 4.39 Å². The van der Waals surface area contributed by atoms with Crippen LogP contribution >= 0.6 is 0 Å². The Bertz CT molecular complexity index is 678. The zero-order valence-electron chi connectivity index (χ0n) is 12.2. The second-order valence-corrected chi connectivity index (χ2v) is 5.10. The first-order chi connectivity index (χ1) is 10.4. The zero-order chi connectivity index (χ0) is 16.3. The van der Waals surface area contributed by atoms with Gasteiger partial charge in [-0.1, -0.05) is 6.92 Å². The molecule has 0 saturated heterocycles. The van der Waals surface area contributed by atoms with Crippen molar-refractivity contribution in [3.8, 4) is 11.3 Å². The van der Waals surface area contributed by atoms with Crippen LogP contribution in [-0.2, 0) is 4.79 Å². The summed E-state index contributed by atoms with van der Waals surface area (Å²) in [5, 5.41) is 8.87. The van der Waals surface area contributed by atoms with Gasteiger partial charge in [0.05, 0.1) is 5.92 Å². The van der Waals surface area contributed by atoms with Crippen molar-refractivity contribution in [1.82, 2.24) is 4.90 Å². The Morgan fingerprint density at radius 1 is 1.23 bits per heavy atom. The molecule has 1 aromatic heterocycles. The summed E-state index contributed by atoms with van der Waals surface area (Å²) in [6.45, 7) is 1.61. The van der Waals surface area contributed by atoms with Crippen LogP contribution in [0.5, 0.6) is 0 Å². The molecule has 1 aromatic carbocycles. The van der Waals surface area contributed by atoms with Gasteiger partial charge in [-0.25, -0.2) is 4.39 Å². The standard InChI is InChI=1S/C16H16FNO4/c1-10(16(20)21)9-18(2)15(19)14-8-7-13(22-14)11-3-5-12(17)6-4-11/h3-8,10H,9H2,1-2H3,(H,20,21). The number of carboxylic acid groups (broad SMARTS) is 1. The van der Waals surface area contributed by atoms with Crippen molar-refractivity contribution in [3.63, 3.8) is 0 Å². The van der Waals surface area contributed by atoms with Crippen LogP contribution in [0.2, 0.25) is 0 Å². The van der Waals surface area contributed by atoms with E-state index in [1.54, 1.807) is 18.2 Å². The molecule has 6 heteroatoms. The lowest BCUT2D eigenvalue weighted by Gasteiger charge is -2.18. The summed E-state index contributed by atoms with van der Waals surface area (Å²) in [4.78, 5) is 24.3. The van der Waals surface area contributed by atoms with E-state index in [-0.39, 0.29) is 18.1 Å². The van der Waals surface area contributed by atoms with Crippen LogP contribution in [-0.4, -0.2) is 35.5 Å². The number of rotatable bonds is 5. The minimum Gasteiger partial charge on any atom is -0.481 e. The summed E-state index contributed by atoms with van der Waals surface area (Å²) >= 11 is 0. The second kappa shape index (κ2) is 6.43. The predicted octanol–water partition coefficient (Wildman–Crippen LogP) is 2.88. The smallest absolute Gasteiger partial charge is 0.308 e. The van der Waals surface area contributed by atoms with E-state index in [0.29, 0.717) is 11.3 Å².